The number of rotatable bonds is 6. The van der Waals surface area contributed by atoms with Crippen molar-refractivity contribution in [3.63, 3.8) is 0 Å². The smallest absolute Gasteiger partial charge is 0.263 e. The van der Waals surface area contributed by atoms with Gasteiger partial charge < -0.3 is 20.1 Å². The number of pyridine rings is 1. The first kappa shape index (κ1) is 19.5. The summed E-state index contributed by atoms with van der Waals surface area (Å²) in [6.45, 7) is 1.94. The molecule has 0 saturated heterocycles. The summed E-state index contributed by atoms with van der Waals surface area (Å²) in [4.78, 5) is 17.0. The van der Waals surface area contributed by atoms with E-state index >= 15 is 0 Å². The molecule has 0 aliphatic heterocycles. The lowest BCUT2D eigenvalue weighted by molar-refractivity contribution is 0.102. The highest BCUT2D eigenvalue weighted by molar-refractivity contribution is 6.31. The molecule has 0 saturated carbocycles. The van der Waals surface area contributed by atoms with Crippen LogP contribution in [0.1, 0.15) is 15.9 Å². The van der Waals surface area contributed by atoms with E-state index in [9.17, 15) is 4.79 Å². The van der Waals surface area contributed by atoms with E-state index in [1.807, 2.05) is 25.1 Å². The number of methoxy groups -OCH3 is 2. The van der Waals surface area contributed by atoms with Crippen LogP contribution in [0.3, 0.4) is 0 Å². The summed E-state index contributed by atoms with van der Waals surface area (Å²) in [5.74, 6) is 1.15. The molecule has 0 bridgehead atoms. The zero-order chi connectivity index (χ0) is 20.1. The number of halogens is 1. The molecular formula is C21H20ClN3O3. The summed E-state index contributed by atoms with van der Waals surface area (Å²) in [5.41, 5.74) is 2.71. The fourth-order valence-corrected chi connectivity index (χ4v) is 2.81. The maximum absolute atomic E-state index is 12.7. The highest BCUT2D eigenvalue weighted by Gasteiger charge is 2.18. The summed E-state index contributed by atoms with van der Waals surface area (Å²) in [6.07, 6.45) is 1.57. The van der Waals surface area contributed by atoms with Gasteiger partial charge in [0.1, 0.15) is 22.9 Å². The highest BCUT2D eigenvalue weighted by atomic mass is 35.5. The van der Waals surface area contributed by atoms with E-state index in [0.29, 0.717) is 33.6 Å². The number of carbonyl (C=O) groups excluding carboxylic acids is 1. The van der Waals surface area contributed by atoms with E-state index < -0.39 is 0 Å². The number of aryl methyl sites for hydroxylation is 1. The van der Waals surface area contributed by atoms with Crippen LogP contribution in [-0.4, -0.2) is 25.1 Å². The fraction of sp³-hybridized carbons (Fsp3) is 0.143. The van der Waals surface area contributed by atoms with Gasteiger partial charge in [-0.25, -0.2) is 4.98 Å². The molecule has 1 amide bonds. The van der Waals surface area contributed by atoms with Crippen molar-refractivity contribution in [2.45, 2.75) is 6.92 Å². The van der Waals surface area contributed by atoms with Gasteiger partial charge in [-0.15, -0.1) is 0 Å². The third-order valence-corrected chi connectivity index (χ3v) is 4.53. The Hall–Kier alpha value is -3.25. The Bertz CT molecular complexity index is 968. The van der Waals surface area contributed by atoms with Gasteiger partial charge in [-0.05, 0) is 48.9 Å². The van der Waals surface area contributed by atoms with Crippen LogP contribution in [0.4, 0.5) is 17.2 Å². The van der Waals surface area contributed by atoms with Crippen LogP contribution < -0.4 is 20.1 Å². The predicted molar refractivity (Wildman–Crippen MR) is 111 cm³/mol. The zero-order valence-electron chi connectivity index (χ0n) is 15.7. The number of anilines is 3. The minimum absolute atomic E-state index is 0.323. The second-order valence-corrected chi connectivity index (χ2v) is 6.42. The molecule has 3 aromatic rings. The highest BCUT2D eigenvalue weighted by Crippen LogP contribution is 2.29. The van der Waals surface area contributed by atoms with Gasteiger partial charge in [0.25, 0.3) is 5.91 Å². The van der Waals surface area contributed by atoms with Crippen LogP contribution in [-0.2, 0) is 0 Å². The molecular weight excluding hydrogens is 378 g/mol. The molecule has 1 heterocycles. The molecule has 0 radical (unpaired) electrons. The summed E-state index contributed by atoms with van der Waals surface area (Å²) < 4.78 is 10.5. The average molecular weight is 398 g/mol. The number of benzene rings is 2. The average Bonchev–Trinajstić information content (AvgIpc) is 2.71. The van der Waals surface area contributed by atoms with Gasteiger partial charge in [-0.1, -0.05) is 23.7 Å². The summed E-state index contributed by atoms with van der Waals surface area (Å²) in [5, 5.41) is 6.66. The van der Waals surface area contributed by atoms with Crippen molar-refractivity contribution >= 4 is 34.7 Å². The van der Waals surface area contributed by atoms with Crippen LogP contribution in [0.25, 0.3) is 0 Å². The van der Waals surface area contributed by atoms with Crippen molar-refractivity contribution in [3.05, 3.63) is 70.9 Å². The maximum Gasteiger partial charge on any atom is 0.263 e. The molecule has 7 heteroatoms. The van der Waals surface area contributed by atoms with Gasteiger partial charge in [0.05, 0.1) is 26.1 Å². The molecule has 2 N–H and O–H groups in total. The molecule has 1 aromatic heterocycles. The second kappa shape index (κ2) is 8.63. The van der Waals surface area contributed by atoms with Crippen molar-refractivity contribution in [2.24, 2.45) is 0 Å². The number of carbonyl (C=O) groups is 1. The van der Waals surface area contributed by atoms with E-state index in [4.69, 9.17) is 21.1 Å². The molecule has 0 aliphatic rings. The third kappa shape index (κ3) is 4.35. The van der Waals surface area contributed by atoms with Gasteiger partial charge in [-0.2, -0.15) is 0 Å². The van der Waals surface area contributed by atoms with Crippen molar-refractivity contribution < 1.29 is 14.3 Å². The molecule has 3 rings (SSSR count). The Labute approximate surface area is 168 Å². The fourth-order valence-electron chi connectivity index (χ4n) is 2.63. The monoisotopic (exact) mass is 397 g/mol. The normalized spacial score (nSPS) is 10.3. The number of nitrogens with one attached hydrogen (secondary N) is 2. The van der Waals surface area contributed by atoms with E-state index in [1.165, 1.54) is 14.2 Å². The first-order chi connectivity index (χ1) is 13.5. The molecule has 0 unspecified atom stereocenters. The Balaban J connectivity index is 1.74. The van der Waals surface area contributed by atoms with E-state index in [2.05, 4.69) is 15.6 Å². The van der Waals surface area contributed by atoms with Crippen LogP contribution in [0.5, 0.6) is 11.5 Å². The van der Waals surface area contributed by atoms with Crippen LogP contribution >= 0.6 is 11.6 Å². The lowest BCUT2D eigenvalue weighted by atomic mass is 10.1. The Kier molecular flexibility index (Phi) is 6.01. The number of hydrogen-bond acceptors (Lipinski definition) is 5. The lowest BCUT2D eigenvalue weighted by Gasteiger charge is -2.13. The van der Waals surface area contributed by atoms with Crippen molar-refractivity contribution in [1.82, 2.24) is 4.98 Å². The van der Waals surface area contributed by atoms with E-state index in [0.717, 1.165) is 11.3 Å². The van der Waals surface area contributed by atoms with Gasteiger partial charge in [-0.3, -0.25) is 4.79 Å². The van der Waals surface area contributed by atoms with Crippen LogP contribution in [0.2, 0.25) is 5.02 Å². The predicted octanol–water partition coefficient (Wildman–Crippen LogP) is 5.06. The van der Waals surface area contributed by atoms with Gasteiger partial charge in [0, 0.05) is 10.7 Å². The van der Waals surface area contributed by atoms with Crippen molar-refractivity contribution in [3.8, 4) is 11.5 Å². The van der Waals surface area contributed by atoms with Gasteiger partial charge >= 0.3 is 0 Å². The summed E-state index contributed by atoms with van der Waals surface area (Å²) in [7, 11) is 3.01. The van der Waals surface area contributed by atoms with Gasteiger partial charge in [0.2, 0.25) is 0 Å². The molecule has 0 atom stereocenters. The molecule has 144 valence electrons. The topological polar surface area (TPSA) is 72.5 Å². The number of hydrogen-bond donors (Lipinski definition) is 2. The summed E-state index contributed by atoms with van der Waals surface area (Å²) in [6, 6.07) is 14.4. The van der Waals surface area contributed by atoms with E-state index in [-0.39, 0.29) is 5.91 Å². The van der Waals surface area contributed by atoms with Crippen molar-refractivity contribution in [1.29, 1.82) is 0 Å². The van der Waals surface area contributed by atoms with Crippen molar-refractivity contribution in [2.75, 3.05) is 24.9 Å². The summed E-state index contributed by atoms with van der Waals surface area (Å²) >= 11 is 6.14. The van der Waals surface area contributed by atoms with E-state index in [1.54, 1.807) is 36.5 Å². The first-order valence-corrected chi connectivity index (χ1v) is 8.91. The number of aromatic nitrogens is 1. The second-order valence-electron chi connectivity index (χ2n) is 6.01. The number of amides is 1. The number of ether oxygens (including phenoxy) is 2. The largest absolute Gasteiger partial charge is 0.496 e. The standard InChI is InChI=1S/C21H20ClN3O3/c1-13-7-8-14(11-16(13)22)24-19-10-9-15(12-23-19)25-21(26)20-17(27-2)5-4-6-18(20)28-3/h4-12H,1-3H3,(H,23,24)(H,25,26). The number of nitrogens with zero attached hydrogens (tertiary/aromatic N) is 1. The first-order valence-electron chi connectivity index (χ1n) is 8.53. The minimum Gasteiger partial charge on any atom is -0.496 e. The maximum atomic E-state index is 12.7. The molecule has 0 aliphatic carbocycles. The Morgan fingerprint density at radius 1 is 1.00 bits per heavy atom. The Morgan fingerprint density at radius 3 is 2.25 bits per heavy atom. The molecule has 28 heavy (non-hydrogen) atoms. The van der Waals surface area contributed by atoms with Crippen LogP contribution in [0.15, 0.2) is 54.7 Å². The van der Waals surface area contributed by atoms with Gasteiger partial charge in [0.15, 0.2) is 0 Å². The lowest BCUT2D eigenvalue weighted by Crippen LogP contribution is -2.14. The molecule has 0 spiro atoms. The Morgan fingerprint density at radius 2 is 1.68 bits per heavy atom. The minimum atomic E-state index is -0.345. The zero-order valence-corrected chi connectivity index (χ0v) is 16.5. The quantitative estimate of drug-likeness (QED) is 0.608. The van der Waals surface area contributed by atoms with Crippen LogP contribution in [0, 0.1) is 6.92 Å². The SMILES string of the molecule is COc1cccc(OC)c1C(=O)Nc1ccc(Nc2ccc(C)c(Cl)c2)nc1. The molecule has 0 fully saturated rings. The molecule has 2 aromatic carbocycles. The molecule has 6 nitrogen and oxygen atoms in total. The third-order valence-electron chi connectivity index (χ3n) is 4.12.